The van der Waals surface area contributed by atoms with Gasteiger partial charge in [-0.2, -0.15) is 0 Å². The standard InChI is InChI=1S/C48H26S2/c1-3-9-31-25-43-41(23-29(31)7-1)39-13-5-11-37(47(39)49-43)33-19-15-27-18-22-36-34(20-16-28-17-21-35(33)45(27)46(28)36)38-12-6-14-40-42-24-30-8-2-4-10-32(30)26-44(42)50-48(38)40/h1-26H. The van der Waals surface area contributed by atoms with Crippen LogP contribution in [0.3, 0.4) is 0 Å². The summed E-state index contributed by atoms with van der Waals surface area (Å²) in [7, 11) is 0. The van der Waals surface area contributed by atoms with Crippen molar-refractivity contribution in [3.8, 4) is 22.3 Å². The average Bonchev–Trinajstić information content (AvgIpc) is 3.72. The topological polar surface area (TPSA) is 0 Å². The van der Waals surface area contributed by atoms with Gasteiger partial charge in [-0.05, 0) is 89.3 Å². The molecular weight excluding hydrogens is 641 g/mol. The predicted molar refractivity (Wildman–Crippen MR) is 222 cm³/mol. The van der Waals surface area contributed by atoms with Crippen LogP contribution in [0.2, 0.25) is 0 Å². The van der Waals surface area contributed by atoms with E-state index in [1.165, 1.54) is 116 Å². The first-order valence-electron chi connectivity index (χ1n) is 17.2. The molecule has 0 aliphatic rings. The summed E-state index contributed by atoms with van der Waals surface area (Å²) < 4.78 is 5.41. The maximum Gasteiger partial charge on any atom is 0.0434 e. The van der Waals surface area contributed by atoms with Gasteiger partial charge in [0.2, 0.25) is 0 Å². The molecule has 0 atom stereocenters. The number of benzene rings is 10. The Hall–Kier alpha value is -5.80. The van der Waals surface area contributed by atoms with E-state index in [0.29, 0.717) is 0 Å². The Morgan fingerprint density at radius 2 is 0.680 bits per heavy atom. The summed E-state index contributed by atoms with van der Waals surface area (Å²) in [6.07, 6.45) is 0. The number of fused-ring (bicyclic) bond motifs is 8. The maximum absolute atomic E-state index is 2.37. The van der Waals surface area contributed by atoms with Gasteiger partial charge in [0, 0.05) is 51.5 Å². The van der Waals surface area contributed by atoms with Gasteiger partial charge in [-0.15, -0.1) is 22.7 Å². The molecule has 0 nitrogen and oxygen atoms in total. The van der Waals surface area contributed by atoms with Crippen molar-refractivity contribution in [2.24, 2.45) is 0 Å². The van der Waals surface area contributed by atoms with Crippen LogP contribution in [0, 0.1) is 0 Å². The molecule has 0 aliphatic carbocycles. The van der Waals surface area contributed by atoms with Crippen molar-refractivity contribution in [1.82, 2.24) is 0 Å². The Balaban J connectivity index is 1.11. The Kier molecular flexibility index (Phi) is 5.35. The molecule has 12 rings (SSSR count). The molecule has 2 aromatic heterocycles. The molecule has 10 aromatic carbocycles. The molecule has 0 radical (unpaired) electrons. The highest BCUT2D eigenvalue weighted by Crippen LogP contribution is 2.48. The molecule has 50 heavy (non-hydrogen) atoms. The minimum absolute atomic E-state index is 1.29. The van der Waals surface area contributed by atoms with E-state index >= 15 is 0 Å². The molecule has 0 N–H and O–H groups in total. The van der Waals surface area contributed by atoms with Gasteiger partial charge in [0.05, 0.1) is 0 Å². The second-order valence-electron chi connectivity index (χ2n) is 13.6. The normalized spacial score (nSPS) is 12.4. The van der Waals surface area contributed by atoms with Gasteiger partial charge >= 0.3 is 0 Å². The van der Waals surface area contributed by atoms with Crippen molar-refractivity contribution < 1.29 is 0 Å². The highest BCUT2D eigenvalue weighted by molar-refractivity contribution is 7.26. The number of hydrogen-bond donors (Lipinski definition) is 0. The smallest absolute Gasteiger partial charge is 0.0434 e. The van der Waals surface area contributed by atoms with Crippen LogP contribution in [-0.4, -0.2) is 0 Å². The first-order valence-corrected chi connectivity index (χ1v) is 18.8. The van der Waals surface area contributed by atoms with Gasteiger partial charge in [0.25, 0.3) is 0 Å². The van der Waals surface area contributed by atoms with Crippen molar-refractivity contribution in [3.63, 3.8) is 0 Å². The van der Waals surface area contributed by atoms with Crippen LogP contribution in [-0.2, 0) is 0 Å². The summed E-state index contributed by atoms with van der Waals surface area (Å²) in [5.41, 5.74) is 5.23. The van der Waals surface area contributed by atoms with E-state index < -0.39 is 0 Å². The Labute approximate surface area is 295 Å². The zero-order chi connectivity index (χ0) is 32.5. The largest absolute Gasteiger partial charge is 0.135 e. The van der Waals surface area contributed by atoms with Crippen LogP contribution in [0.1, 0.15) is 0 Å². The summed E-state index contributed by atoms with van der Waals surface area (Å²) in [6.45, 7) is 0. The molecule has 0 fully saturated rings. The molecular formula is C48H26S2. The van der Waals surface area contributed by atoms with E-state index in [-0.39, 0.29) is 0 Å². The van der Waals surface area contributed by atoms with Crippen molar-refractivity contribution in [3.05, 3.63) is 158 Å². The van der Waals surface area contributed by atoms with Crippen molar-refractivity contribution >= 4 is 117 Å². The lowest BCUT2D eigenvalue weighted by Gasteiger charge is -2.17. The number of rotatable bonds is 2. The summed E-state index contributed by atoms with van der Waals surface area (Å²) in [5.74, 6) is 0. The summed E-state index contributed by atoms with van der Waals surface area (Å²) in [5, 5.41) is 18.5. The second-order valence-corrected chi connectivity index (χ2v) is 15.7. The van der Waals surface area contributed by atoms with E-state index in [1.807, 2.05) is 22.7 Å². The van der Waals surface area contributed by atoms with Crippen LogP contribution in [0.4, 0.5) is 0 Å². The zero-order valence-electron chi connectivity index (χ0n) is 26.8. The molecule has 0 saturated carbocycles. The maximum atomic E-state index is 2.37. The van der Waals surface area contributed by atoms with Crippen LogP contribution in [0.15, 0.2) is 158 Å². The van der Waals surface area contributed by atoms with Gasteiger partial charge in [-0.25, -0.2) is 0 Å². The quantitative estimate of drug-likeness (QED) is 0.161. The van der Waals surface area contributed by atoms with Gasteiger partial charge in [0.1, 0.15) is 0 Å². The van der Waals surface area contributed by atoms with E-state index in [4.69, 9.17) is 0 Å². The van der Waals surface area contributed by atoms with Crippen LogP contribution >= 0.6 is 22.7 Å². The molecule has 0 bridgehead atoms. The molecule has 12 aromatic rings. The van der Waals surface area contributed by atoms with Crippen molar-refractivity contribution in [2.75, 3.05) is 0 Å². The van der Waals surface area contributed by atoms with Crippen molar-refractivity contribution in [1.29, 1.82) is 0 Å². The van der Waals surface area contributed by atoms with Gasteiger partial charge in [-0.3, -0.25) is 0 Å². The Bertz CT molecular complexity index is 3150. The fourth-order valence-electron chi connectivity index (χ4n) is 8.66. The molecule has 2 heteroatoms. The minimum atomic E-state index is 1.29. The SMILES string of the molecule is c1ccc2cc3c(cc2c1)sc1c(-c2ccc4ccc5c(-c6cccc7c6sc6cc8ccccc8cc67)ccc6ccc2c4c65)cccc13. The molecule has 0 unspecified atom stereocenters. The van der Waals surface area contributed by atoms with Gasteiger partial charge in [-0.1, -0.05) is 133 Å². The summed E-state index contributed by atoms with van der Waals surface area (Å²) in [6, 6.07) is 59.4. The highest BCUT2D eigenvalue weighted by atomic mass is 32.1. The monoisotopic (exact) mass is 666 g/mol. The number of thiophene rings is 2. The molecule has 0 aliphatic heterocycles. The van der Waals surface area contributed by atoms with Gasteiger partial charge < -0.3 is 0 Å². The Morgan fingerprint density at radius 3 is 1.14 bits per heavy atom. The lowest BCUT2D eigenvalue weighted by Crippen LogP contribution is -1.89. The molecule has 2 heterocycles. The van der Waals surface area contributed by atoms with E-state index in [2.05, 4.69) is 158 Å². The fourth-order valence-corrected chi connectivity index (χ4v) is 11.2. The lowest BCUT2D eigenvalue weighted by molar-refractivity contribution is 1.72. The summed E-state index contributed by atoms with van der Waals surface area (Å²) >= 11 is 3.84. The molecule has 0 saturated heterocycles. The third-order valence-electron chi connectivity index (χ3n) is 11.0. The third kappa shape index (κ3) is 3.64. The predicted octanol–water partition coefficient (Wildman–Crippen LogP) is 15.0. The lowest BCUT2D eigenvalue weighted by atomic mass is 9.87. The van der Waals surface area contributed by atoms with Crippen LogP contribution in [0.25, 0.3) is 116 Å². The van der Waals surface area contributed by atoms with E-state index in [0.717, 1.165) is 0 Å². The average molecular weight is 667 g/mol. The highest BCUT2D eigenvalue weighted by Gasteiger charge is 2.19. The van der Waals surface area contributed by atoms with Crippen LogP contribution < -0.4 is 0 Å². The molecule has 230 valence electrons. The zero-order valence-corrected chi connectivity index (χ0v) is 28.5. The minimum Gasteiger partial charge on any atom is -0.135 e. The molecule has 0 spiro atoms. The first-order chi connectivity index (χ1) is 24.8. The third-order valence-corrected chi connectivity index (χ3v) is 13.4. The van der Waals surface area contributed by atoms with Crippen LogP contribution in [0.5, 0.6) is 0 Å². The van der Waals surface area contributed by atoms with E-state index in [1.54, 1.807) is 0 Å². The molecule has 0 amide bonds. The first kappa shape index (κ1) is 27.1. The second kappa shape index (κ2) is 9.89. The number of hydrogen-bond acceptors (Lipinski definition) is 2. The summed E-state index contributed by atoms with van der Waals surface area (Å²) in [4.78, 5) is 0. The van der Waals surface area contributed by atoms with Gasteiger partial charge in [0.15, 0.2) is 0 Å². The Morgan fingerprint density at radius 1 is 0.260 bits per heavy atom. The van der Waals surface area contributed by atoms with Crippen molar-refractivity contribution in [2.45, 2.75) is 0 Å². The fraction of sp³-hybridized carbons (Fsp3) is 0. The van der Waals surface area contributed by atoms with E-state index in [9.17, 15) is 0 Å².